The number of ether oxygens (including phenoxy) is 1. The van der Waals surface area contributed by atoms with Crippen molar-refractivity contribution in [3.8, 4) is 5.75 Å². The molecule has 0 unspecified atom stereocenters. The lowest BCUT2D eigenvalue weighted by Gasteiger charge is -2.10. The average molecular weight is 267 g/mol. The summed E-state index contributed by atoms with van der Waals surface area (Å²) in [4.78, 5) is 21.3. The fourth-order valence-corrected chi connectivity index (χ4v) is 1.65. The minimum Gasteiger partial charge on any atom is -0.486 e. The van der Waals surface area contributed by atoms with Crippen molar-refractivity contribution in [1.82, 2.24) is 0 Å². The molecular weight excluding hydrogens is 250 g/mol. The molecule has 0 amide bonds. The predicted octanol–water partition coefficient (Wildman–Crippen LogP) is 3.11. The van der Waals surface area contributed by atoms with E-state index in [0.29, 0.717) is 5.92 Å². The summed E-state index contributed by atoms with van der Waals surface area (Å²) >= 11 is 0. The summed E-state index contributed by atoms with van der Waals surface area (Å²) in [5.74, 6) is -0.889. The Morgan fingerprint density at radius 3 is 2.68 bits per heavy atom. The van der Waals surface area contributed by atoms with Crippen molar-refractivity contribution in [3.63, 3.8) is 0 Å². The summed E-state index contributed by atoms with van der Waals surface area (Å²) in [7, 11) is 0. The van der Waals surface area contributed by atoms with Crippen molar-refractivity contribution in [1.29, 1.82) is 0 Å². The van der Waals surface area contributed by atoms with E-state index in [2.05, 4.69) is 13.8 Å². The van der Waals surface area contributed by atoms with Crippen LogP contribution in [0.1, 0.15) is 37.0 Å². The molecule has 0 aliphatic rings. The number of hydrogen-bond donors (Lipinski definition) is 1. The first-order valence-electron chi connectivity index (χ1n) is 6.07. The number of hydrogen-bond acceptors (Lipinski definition) is 4. The molecule has 0 aliphatic carbocycles. The van der Waals surface area contributed by atoms with E-state index in [9.17, 15) is 14.9 Å². The van der Waals surface area contributed by atoms with E-state index in [4.69, 9.17) is 9.84 Å². The molecule has 1 rings (SSSR count). The van der Waals surface area contributed by atoms with Gasteiger partial charge in [0.05, 0.1) is 11.5 Å². The number of rotatable bonds is 7. The van der Waals surface area contributed by atoms with Crippen molar-refractivity contribution < 1.29 is 19.6 Å². The fraction of sp³-hybridized carbons (Fsp3) is 0.462. The highest BCUT2D eigenvalue weighted by molar-refractivity contribution is 5.92. The van der Waals surface area contributed by atoms with Crippen LogP contribution in [0.4, 0.5) is 5.69 Å². The molecule has 0 radical (unpaired) electrons. The summed E-state index contributed by atoms with van der Waals surface area (Å²) in [6.45, 7) is 4.39. The largest absolute Gasteiger partial charge is 0.486 e. The Hall–Kier alpha value is -2.11. The smallest absolute Gasteiger partial charge is 0.339 e. The topological polar surface area (TPSA) is 89.7 Å². The molecule has 6 heteroatoms. The summed E-state index contributed by atoms with van der Waals surface area (Å²) in [6.07, 6.45) is 1.64. The summed E-state index contributed by atoms with van der Waals surface area (Å²) in [6, 6.07) is 3.87. The van der Waals surface area contributed by atoms with Gasteiger partial charge in [-0.2, -0.15) is 0 Å². The second-order valence-electron chi connectivity index (χ2n) is 4.60. The molecule has 104 valence electrons. The highest BCUT2D eigenvalue weighted by Crippen LogP contribution is 2.31. The first-order chi connectivity index (χ1) is 8.93. The SMILES string of the molecule is CC(C)CCCOc1c(C(=O)O)cccc1[N+](=O)[O-]. The predicted molar refractivity (Wildman–Crippen MR) is 69.6 cm³/mol. The number of carbonyl (C=O) groups is 1. The van der Waals surface area contributed by atoms with Gasteiger partial charge in [-0.3, -0.25) is 10.1 Å². The lowest BCUT2D eigenvalue weighted by Crippen LogP contribution is -2.07. The van der Waals surface area contributed by atoms with Crippen LogP contribution in [0.2, 0.25) is 0 Å². The Morgan fingerprint density at radius 1 is 1.47 bits per heavy atom. The molecule has 0 bridgehead atoms. The maximum Gasteiger partial charge on any atom is 0.339 e. The van der Waals surface area contributed by atoms with Crippen LogP contribution in [-0.2, 0) is 0 Å². The Morgan fingerprint density at radius 2 is 2.16 bits per heavy atom. The molecular formula is C13H17NO5. The quantitative estimate of drug-likeness (QED) is 0.465. The number of aromatic carboxylic acids is 1. The van der Waals surface area contributed by atoms with Gasteiger partial charge < -0.3 is 9.84 Å². The maximum atomic E-state index is 11.0. The molecule has 1 aromatic carbocycles. The van der Waals surface area contributed by atoms with Gasteiger partial charge in [-0.1, -0.05) is 19.9 Å². The molecule has 0 atom stereocenters. The first-order valence-corrected chi connectivity index (χ1v) is 6.07. The monoisotopic (exact) mass is 267 g/mol. The summed E-state index contributed by atoms with van der Waals surface area (Å²) in [5.41, 5.74) is -0.497. The lowest BCUT2D eigenvalue weighted by atomic mass is 10.1. The van der Waals surface area contributed by atoms with Crippen molar-refractivity contribution >= 4 is 11.7 Å². The van der Waals surface area contributed by atoms with Crippen molar-refractivity contribution in [2.75, 3.05) is 6.61 Å². The Bertz CT molecular complexity index is 438. The molecule has 0 aromatic heterocycles. The van der Waals surface area contributed by atoms with Gasteiger partial charge in [-0.25, -0.2) is 4.79 Å². The second-order valence-corrected chi connectivity index (χ2v) is 4.60. The third kappa shape index (κ3) is 4.24. The molecule has 0 spiro atoms. The zero-order valence-corrected chi connectivity index (χ0v) is 11.0. The minimum absolute atomic E-state index is 0.163. The van der Waals surface area contributed by atoms with Crippen LogP contribution >= 0.6 is 0 Å². The van der Waals surface area contributed by atoms with Crippen LogP contribution in [0, 0.1) is 16.0 Å². The number of carboxylic acids is 1. The molecule has 0 heterocycles. The van der Waals surface area contributed by atoms with Crippen LogP contribution in [0.15, 0.2) is 18.2 Å². The number of nitro benzene ring substituents is 1. The fourth-order valence-electron chi connectivity index (χ4n) is 1.65. The third-order valence-corrected chi connectivity index (χ3v) is 2.59. The number of carboxylic acid groups (broad SMARTS) is 1. The second kappa shape index (κ2) is 6.72. The van der Waals surface area contributed by atoms with Gasteiger partial charge in [0, 0.05) is 6.07 Å². The molecule has 1 aromatic rings. The Kier molecular flexibility index (Phi) is 5.29. The summed E-state index contributed by atoms with van der Waals surface area (Å²) < 4.78 is 5.32. The van der Waals surface area contributed by atoms with Gasteiger partial charge in [-0.05, 0) is 24.8 Å². The van der Waals surface area contributed by atoms with E-state index in [1.807, 2.05) is 0 Å². The average Bonchev–Trinajstić information content (AvgIpc) is 2.33. The Labute approximate surface area is 111 Å². The molecule has 19 heavy (non-hydrogen) atoms. The zero-order valence-electron chi connectivity index (χ0n) is 11.0. The van der Waals surface area contributed by atoms with Gasteiger partial charge in [0.15, 0.2) is 0 Å². The number of nitro groups is 1. The van der Waals surface area contributed by atoms with E-state index < -0.39 is 10.9 Å². The van der Waals surface area contributed by atoms with Gasteiger partial charge in [-0.15, -0.1) is 0 Å². The maximum absolute atomic E-state index is 11.0. The Balaban J connectivity index is 2.89. The van der Waals surface area contributed by atoms with E-state index >= 15 is 0 Å². The summed E-state index contributed by atoms with van der Waals surface area (Å²) in [5, 5.41) is 19.9. The molecule has 0 aliphatic heterocycles. The van der Waals surface area contributed by atoms with Crippen LogP contribution in [0.25, 0.3) is 0 Å². The van der Waals surface area contributed by atoms with Gasteiger partial charge >= 0.3 is 11.7 Å². The highest BCUT2D eigenvalue weighted by atomic mass is 16.6. The molecule has 6 nitrogen and oxygen atoms in total. The van der Waals surface area contributed by atoms with E-state index in [-0.39, 0.29) is 23.6 Å². The van der Waals surface area contributed by atoms with Crippen LogP contribution in [0.3, 0.4) is 0 Å². The number of para-hydroxylation sites is 1. The minimum atomic E-state index is -1.23. The third-order valence-electron chi connectivity index (χ3n) is 2.59. The van der Waals surface area contributed by atoms with Crippen molar-refractivity contribution in [2.45, 2.75) is 26.7 Å². The highest BCUT2D eigenvalue weighted by Gasteiger charge is 2.22. The van der Waals surface area contributed by atoms with Crippen molar-refractivity contribution in [3.05, 3.63) is 33.9 Å². The van der Waals surface area contributed by atoms with E-state index in [1.54, 1.807) is 0 Å². The molecule has 0 saturated heterocycles. The number of nitrogens with zero attached hydrogens (tertiary/aromatic N) is 1. The normalized spacial score (nSPS) is 10.5. The molecule has 0 saturated carbocycles. The van der Waals surface area contributed by atoms with Gasteiger partial charge in [0.1, 0.15) is 5.56 Å². The first kappa shape index (κ1) is 14.9. The zero-order chi connectivity index (χ0) is 14.4. The van der Waals surface area contributed by atoms with Gasteiger partial charge in [0.2, 0.25) is 5.75 Å². The van der Waals surface area contributed by atoms with Gasteiger partial charge in [0.25, 0.3) is 0 Å². The molecule has 0 fully saturated rings. The van der Waals surface area contributed by atoms with Crippen LogP contribution in [0.5, 0.6) is 5.75 Å². The standard InChI is InChI=1S/C13H17NO5/c1-9(2)5-4-8-19-12-10(13(15)16)6-3-7-11(12)14(17)18/h3,6-7,9H,4-5,8H2,1-2H3,(H,15,16). The van der Waals surface area contributed by atoms with Crippen LogP contribution < -0.4 is 4.74 Å². The van der Waals surface area contributed by atoms with Crippen molar-refractivity contribution in [2.24, 2.45) is 5.92 Å². The van der Waals surface area contributed by atoms with E-state index in [1.165, 1.54) is 18.2 Å². The molecule has 1 N–H and O–H groups in total. The van der Waals surface area contributed by atoms with E-state index in [0.717, 1.165) is 12.8 Å². The lowest BCUT2D eigenvalue weighted by molar-refractivity contribution is -0.385. The van der Waals surface area contributed by atoms with Crippen LogP contribution in [-0.4, -0.2) is 22.6 Å². The number of benzene rings is 1.